The van der Waals surface area contributed by atoms with Crippen molar-refractivity contribution in [1.29, 1.82) is 0 Å². The summed E-state index contributed by atoms with van der Waals surface area (Å²) in [7, 11) is 0. The zero-order valence-corrected chi connectivity index (χ0v) is 16.1. The summed E-state index contributed by atoms with van der Waals surface area (Å²) in [6, 6.07) is 13.1. The molecule has 0 radical (unpaired) electrons. The summed E-state index contributed by atoms with van der Waals surface area (Å²) in [6.45, 7) is 5.65. The predicted molar refractivity (Wildman–Crippen MR) is 107 cm³/mol. The molecule has 28 heavy (non-hydrogen) atoms. The highest BCUT2D eigenvalue weighted by molar-refractivity contribution is 6.45. The number of aryl methyl sites for hydroxylation is 1. The molecule has 2 aromatic rings. The summed E-state index contributed by atoms with van der Waals surface area (Å²) in [4.78, 5) is 29.9. The maximum atomic E-state index is 13.4. The highest BCUT2D eigenvalue weighted by atomic mass is 19.1. The molecule has 0 N–H and O–H groups in total. The fourth-order valence-corrected chi connectivity index (χ4v) is 4.01. The van der Waals surface area contributed by atoms with Crippen molar-refractivity contribution in [3.63, 3.8) is 0 Å². The topological polar surface area (TPSA) is 40.6 Å². The van der Waals surface area contributed by atoms with Crippen LogP contribution in [0.1, 0.15) is 30.9 Å². The lowest BCUT2D eigenvalue weighted by molar-refractivity contribution is -0.120. The Bertz CT molecular complexity index is 948. The van der Waals surface area contributed by atoms with Gasteiger partial charge in [0.25, 0.3) is 11.8 Å². The Kier molecular flexibility index (Phi) is 4.75. The van der Waals surface area contributed by atoms with Gasteiger partial charge in [-0.15, -0.1) is 0 Å². The van der Waals surface area contributed by atoms with Gasteiger partial charge in [0.2, 0.25) is 0 Å². The summed E-state index contributed by atoms with van der Waals surface area (Å²) in [5, 5.41) is 0. The van der Waals surface area contributed by atoms with Gasteiger partial charge in [-0.3, -0.25) is 9.59 Å². The molecule has 1 fully saturated rings. The van der Waals surface area contributed by atoms with Crippen LogP contribution in [0.2, 0.25) is 0 Å². The van der Waals surface area contributed by atoms with Crippen LogP contribution < -0.4 is 4.90 Å². The number of piperidine rings is 1. The smallest absolute Gasteiger partial charge is 0.282 e. The third kappa shape index (κ3) is 3.21. The molecule has 5 heteroatoms. The van der Waals surface area contributed by atoms with Crippen molar-refractivity contribution in [2.24, 2.45) is 5.92 Å². The first kappa shape index (κ1) is 18.4. The van der Waals surface area contributed by atoms with Gasteiger partial charge in [0.1, 0.15) is 11.5 Å². The molecule has 0 saturated carbocycles. The maximum absolute atomic E-state index is 13.4. The minimum atomic E-state index is -0.403. The van der Waals surface area contributed by atoms with Crippen molar-refractivity contribution < 1.29 is 14.0 Å². The fourth-order valence-electron chi connectivity index (χ4n) is 4.01. The third-order valence-electron chi connectivity index (χ3n) is 5.46. The molecule has 0 spiro atoms. The number of rotatable bonds is 3. The maximum Gasteiger partial charge on any atom is 0.282 e. The molecule has 144 valence electrons. The van der Waals surface area contributed by atoms with Crippen LogP contribution in [-0.4, -0.2) is 29.8 Å². The van der Waals surface area contributed by atoms with Gasteiger partial charge in [-0.25, -0.2) is 9.29 Å². The van der Waals surface area contributed by atoms with E-state index in [0.717, 1.165) is 37.1 Å². The molecular weight excluding hydrogens is 355 g/mol. The van der Waals surface area contributed by atoms with E-state index in [1.165, 1.54) is 29.2 Å². The summed E-state index contributed by atoms with van der Waals surface area (Å²) in [5.41, 5.74) is 3.11. The number of anilines is 1. The lowest BCUT2D eigenvalue weighted by Gasteiger charge is -2.33. The molecule has 4 nitrogen and oxygen atoms in total. The van der Waals surface area contributed by atoms with Gasteiger partial charge in [-0.05, 0) is 55.5 Å². The van der Waals surface area contributed by atoms with Crippen molar-refractivity contribution in [3.05, 3.63) is 71.2 Å². The van der Waals surface area contributed by atoms with Crippen LogP contribution in [-0.2, 0) is 9.59 Å². The highest BCUT2D eigenvalue weighted by Crippen LogP contribution is 2.36. The molecule has 2 heterocycles. The SMILES string of the molecule is Cc1ccc(C2=C(N3CCCC(C)C3)C(=O)N(c3ccc(F)cc3)C2=O)cc1. The van der Waals surface area contributed by atoms with Crippen molar-refractivity contribution in [3.8, 4) is 0 Å². The quantitative estimate of drug-likeness (QED) is 0.754. The minimum Gasteiger partial charge on any atom is -0.366 e. The number of hydrogen-bond donors (Lipinski definition) is 0. The molecule has 0 aromatic heterocycles. The number of carbonyl (C=O) groups excluding carboxylic acids is 2. The van der Waals surface area contributed by atoms with Crippen LogP contribution in [0, 0.1) is 18.7 Å². The van der Waals surface area contributed by atoms with Gasteiger partial charge in [-0.1, -0.05) is 36.8 Å². The van der Waals surface area contributed by atoms with Crippen molar-refractivity contribution in [2.75, 3.05) is 18.0 Å². The normalized spacial score (nSPS) is 20.3. The van der Waals surface area contributed by atoms with E-state index >= 15 is 0 Å². The number of carbonyl (C=O) groups is 2. The predicted octanol–water partition coefficient (Wildman–Crippen LogP) is 4.15. The first-order chi connectivity index (χ1) is 13.5. The van der Waals surface area contributed by atoms with Gasteiger partial charge < -0.3 is 4.90 Å². The lowest BCUT2D eigenvalue weighted by Crippen LogP contribution is -2.39. The molecular formula is C23H23FN2O2. The average molecular weight is 378 g/mol. The Morgan fingerprint density at radius 3 is 2.29 bits per heavy atom. The van der Waals surface area contributed by atoms with Crippen LogP contribution in [0.25, 0.3) is 5.57 Å². The van der Waals surface area contributed by atoms with Gasteiger partial charge in [0, 0.05) is 13.1 Å². The number of nitrogens with zero attached hydrogens (tertiary/aromatic N) is 2. The number of likely N-dealkylation sites (tertiary alicyclic amines) is 1. The first-order valence-corrected chi connectivity index (χ1v) is 9.66. The molecule has 1 atom stereocenters. The van der Waals surface area contributed by atoms with Crippen LogP contribution >= 0.6 is 0 Å². The Balaban J connectivity index is 1.82. The van der Waals surface area contributed by atoms with Crippen LogP contribution in [0.15, 0.2) is 54.2 Å². The van der Waals surface area contributed by atoms with E-state index < -0.39 is 5.82 Å². The summed E-state index contributed by atoms with van der Waals surface area (Å²) in [5.74, 6) is -0.627. The third-order valence-corrected chi connectivity index (χ3v) is 5.46. The van der Waals surface area contributed by atoms with E-state index in [4.69, 9.17) is 0 Å². The van der Waals surface area contributed by atoms with Crippen LogP contribution in [0.3, 0.4) is 0 Å². The zero-order chi connectivity index (χ0) is 19.8. The summed E-state index contributed by atoms with van der Waals surface area (Å²) >= 11 is 0. The number of amides is 2. The van der Waals surface area contributed by atoms with Crippen molar-refractivity contribution >= 4 is 23.1 Å². The van der Waals surface area contributed by atoms with E-state index in [9.17, 15) is 14.0 Å². The van der Waals surface area contributed by atoms with Crippen molar-refractivity contribution in [2.45, 2.75) is 26.7 Å². The van der Waals surface area contributed by atoms with Crippen LogP contribution in [0.5, 0.6) is 0 Å². The van der Waals surface area contributed by atoms with Gasteiger partial charge in [0.15, 0.2) is 0 Å². The molecule has 0 bridgehead atoms. The standard InChI is InChI=1S/C23H23FN2O2/c1-15-5-7-17(8-6-15)20-21(25-13-3-4-16(2)14-25)23(28)26(22(20)27)19-11-9-18(24)10-12-19/h5-12,16H,3-4,13-14H2,1-2H3. The molecule has 2 aromatic carbocycles. The van der Waals surface area contributed by atoms with Crippen molar-refractivity contribution in [1.82, 2.24) is 4.90 Å². The summed E-state index contributed by atoms with van der Waals surface area (Å²) < 4.78 is 13.4. The van der Waals surface area contributed by atoms with Gasteiger partial charge in [-0.2, -0.15) is 0 Å². The second-order valence-electron chi connectivity index (χ2n) is 7.71. The van der Waals surface area contributed by atoms with E-state index in [-0.39, 0.29) is 11.8 Å². The second kappa shape index (κ2) is 7.23. The Labute approximate surface area is 164 Å². The molecule has 2 aliphatic rings. The largest absolute Gasteiger partial charge is 0.366 e. The Morgan fingerprint density at radius 1 is 0.964 bits per heavy atom. The van der Waals surface area contributed by atoms with Gasteiger partial charge >= 0.3 is 0 Å². The Morgan fingerprint density at radius 2 is 1.64 bits per heavy atom. The van der Waals surface area contributed by atoms with E-state index in [0.29, 0.717) is 22.9 Å². The highest BCUT2D eigenvalue weighted by Gasteiger charge is 2.43. The minimum absolute atomic E-state index is 0.332. The molecule has 4 rings (SSSR count). The van der Waals surface area contributed by atoms with E-state index in [2.05, 4.69) is 6.92 Å². The number of benzene rings is 2. The average Bonchev–Trinajstić information content (AvgIpc) is 2.94. The molecule has 1 saturated heterocycles. The fraction of sp³-hybridized carbons (Fsp3) is 0.304. The second-order valence-corrected chi connectivity index (χ2v) is 7.71. The lowest BCUT2D eigenvalue weighted by atomic mass is 9.97. The van der Waals surface area contributed by atoms with E-state index in [1.54, 1.807) is 0 Å². The van der Waals surface area contributed by atoms with E-state index in [1.807, 2.05) is 36.1 Å². The molecule has 2 aliphatic heterocycles. The molecule has 2 amide bonds. The number of halogens is 1. The monoisotopic (exact) mass is 378 g/mol. The molecule has 0 aliphatic carbocycles. The zero-order valence-electron chi connectivity index (χ0n) is 16.1. The van der Waals surface area contributed by atoms with Crippen LogP contribution in [0.4, 0.5) is 10.1 Å². The Hall–Kier alpha value is -2.95. The summed E-state index contributed by atoms with van der Waals surface area (Å²) in [6.07, 6.45) is 2.11. The number of hydrogen-bond acceptors (Lipinski definition) is 3. The molecule has 1 unspecified atom stereocenters. The van der Waals surface area contributed by atoms with Gasteiger partial charge in [0.05, 0.1) is 11.3 Å². The first-order valence-electron chi connectivity index (χ1n) is 9.66. The number of imide groups is 1.